The number of methoxy groups -OCH3 is 1. The Labute approximate surface area is 72.1 Å². The summed E-state index contributed by atoms with van der Waals surface area (Å²) in [7, 11) is 1.60. The van der Waals surface area contributed by atoms with Crippen LogP contribution in [0.5, 0.6) is 5.75 Å². The summed E-state index contributed by atoms with van der Waals surface area (Å²) in [5.74, 6) is 1.02. The summed E-state index contributed by atoms with van der Waals surface area (Å²) in [5.41, 5.74) is 0.775. The summed E-state index contributed by atoms with van der Waals surface area (Å²) in [4.78, 5) is 0. The summed E-state index contributed by atoms with van der Waals surface area (Å²) >= 11 is 0. The van der Waals surface area contributed by atoms with Gasteiger partial charge in [-0.05, 0) is 25.1 Å². The third-order valence-electron chi connectivity index (χ3n) is 1.64. The number of hydrogen-bond donors (Lipinski definition) is 1. The van der Waals surface area contributed by atoms with Crippen molar-refractivity contribution >= 4 is 5.76 Å². The Morgan fingerprint density at radius 2 is 2.25 bits per heavy atom. The Balaban J connectivity index is 3.02. The second kappa shape index (κ2) is 3.81. The number of hydrogen-bond acceptors (Lipinski definition) is 2. The van der Waals surface area contributed by atoms with Crippen LogP contribution in [0.2, 0.25) is 0 Å². The molecule has 1 aromatic rings. The second-order valence-electron chi connectivity index (χ2n) is 2.41. The molecule has 2 heteroatoms. The first-order valence-corrected chi connectivity index (χ1v) is 3.77. The van der Waals surface area contributed by atoms with Crippen molar-refractivity contribution in [3.05, 3.63) is 35.9 Å². The van der Waals surface area contributed by atoms with Gasteiger partial charge in [-0.3, -0.25) is 0 Å². The smallest absolute Gasteiger partial charge is 0.119 e. The molecule has 2 nitrogen and oxygen atoms in total. The lowest BCUT2D eigenvalue weighted by Crippen LogP contribution is -1.85. The molecule has 0 atom stereocenters. The molecule has 1 rings (SSSR count). The van der Waals surface area contributed by atoms with Crippen molar-refractivity contribution in [2.75, 3.05) is 7.11 Å². The highest BCUT2D eigenvalue weighted by molar-refractivity contribution is 5.59. The monoisotopic (exact) mass is 164 g/mol. The minimum absolute atomic E-state index is 0.272. The van der Waals surface area contributed by atoms with Gasteiger partial charge in [-0.15, -0.1) is 0 Å². The van der Waals surface area contributed by atoms with Crippen molar-refractivity contribution in [3.8, 4) is 5.75 Å². The topological polar surface area (TPSA) is 29.5 Å². The first kappa shape index (κ1) is 8.65. The molecule has 64 valence electrons. The Morgan fingerprint density at radius 3 is 2.83 bits per heavy atom. The van der Waals surface area contributed by atoms with Crippen LogP contribution < -0.4 is 4.74 Å². The third-order valence-corrected chi connectivity index (χ3v) is 1.64. The van der Waals surface area contributed by atoms with E-state index in [1.807, 2.05) is 18.2 Å². The van der Waals surface area contributed by atoms with Crippen LogP contribution in [0.3, 0.4) is 0 Å². The van der Waals surface area contributed by atoms with E-state index in [1.165, 1.54) is 0 Å². The van der Waals surface area contributed by atoms with Crippen LogP contribution in [0.15, 0.2) is 30.3 Å². The van der Waals surface area contributed by atoms with Crippen LogP contribution in [0, 0.1) is 0 Å². The molecule has 0 aliphatic heterocycles. The van der Waals surface area contributed by atoms with E-state index in [-0.39, 0.29) is 5.76 Å². The van der Waals surface area contributed by atoms with Crippen LogP contribution in [0.4, 0.5) is 0 Å². The number of rotatable bonds is 2. The van der Waals surface area contributed by atoms with E-state index >= 15 is 0 Å². The Hall–Kier alpha value is -1.44. The van der Waals surface area contributed by atoms with Crippen molar-refractivity contribution in [2.45, 2.75) is 6.92 Å². The zero-order valence-corrected chi connectivity index (χ0v) is 7.24. The predicted molar refractivity (Wildman–Crippen MR) is 49.3 cm³/mol. The highest BCUT2D eigenvalue weighted by Crippen LogP contribution is 2.17. The lowest BCUT2D eigenvalue weighted by atomic mass is 10.2. The molecule has 0 amide bonds. The zero-order valence-electron chi connectivity index (χ0n) is 7.24. The lowest BCUT2D eigenvalue weighted by Gasteiger charge is -2.02. The molecule has 0 unspecified atom stereocenters. The molecule has 0 aliphatic carbocycles. The first-order valence-electron chi connectivity index (χ1n) is 3.77. The van der Waals surface area contributed by atoms with Crippen molar-refractivity contribution in [1.82, 2.24) is 0 Å². The van der Waals surface area contributed by atoms with Gasteiger partial charge in [-0.2, -0.15) is 0 Å². The molecule has 0 fully saturated rings. The summed E-state index contributed by atoms with van der Waals surface area (Å²) in [6.45, 7) is 1.79. The van der Waals surface area contributed by atoms with Crippen molar-refractivity contribution < 1.29 is 9.84 Å². The van der Waals surface area contributed by atoms with Gasteiger partial charge in [0.25, 0.3) is 0 Å². The van der Waals surface area contributed by atoms with Gasteiger partial charge in [-0.1, -0.05) is 12.1 Å². The van der Waals surface area contributed by atoms with Crippen molar-refractivity contribution in [2.24, 2.45) is 0 Å². The standard InChI is InChI=1S/C10H12O2/c1-3-10(11)8-5-4-6-9(7-8)12-2/h3-7,11H,1-2H3. The van der Waals surface area contributed by atoms with E-state index in [0.717, 1.165) is 11.3 Å². The summed E-state index contributed by atoms with van der Waals surface area (Å²) < 4.78 is 5.01. The molecular formula is C10H12O2. The molecular weight excluding hydrogens is 152 g/mol. The van der Waals surface area contributed by atoms with Crippen LogP contribution in [0.25, 0.3) is 5.76 Å². The van der Waals surface area contributed by atoms with E-state index in [2.05, 4.69) is 0 Å². The maximum absolute atomic E-state index is 9.35. The molecule has 0 aromatic heterocycles. The molecule has 1 aromatic carbocycles. The van der Waals surface area contributed by atoms with Gasteiger partial charge in [0.15, 0.2) is 0 Å². The van der Waals surface area contributed by atoms with Gasteiger partial charge < -0.3 is 9.84 Å². The first-order chi connectivity index (χ1) is 5.77. The molecule has 0 radical (unpaired) electrons. The van der Waals surface area contributed by atoms with Gasteiger partial charge in [0.1, 0.15) is 11.5 Å². The average Bonchev–Trinajstić information content (AvgIpc) is 2.17. The zero-order chi connectivity index (χ0) is 8.97. The number of aliphatic hydroxyl groups excluding tert-OH is 1. The van der Waals surface area contributed by atoms with Gasteiger partial charge in [0.2, 0.25) is 0 Å². The summed E-state index contributed by atoms with van der Waals surface area (Å²) in [6, 6.07) is 7.30. The molecule has 12 heavy (non-hydrogen) atoms. The Bertz CT molecular complexity index is 290. The van der Waals surface area contributed by atoms with E-state index < -0.39 is 0 Å². The lowest BCUT2D eigenvalue weighted by molar-refractivity contribution is 0.414. The quantitative estimate of drug-likeness (QED) is 0.681. The Morgan fingerprint density at radius 1 is 1.50 bits per heavy atom. The van der Waals surface area contributed by atoms with Gasteiger partial charge in [0.05, 0.1) is 7.11 Å². The van der Waals surface area contributed by atoms with Crippen LogP contribution in [-0.2, 0) is 0 Å². The minimum Gasteiger partial charge on any atom is -0.508 e. The normalized spacial score (nSPS) is 11.3. The summed E-state index contributed by atoms with van der Waals surface area (Å²) in [5, 5.41) is 9.35. The van der Waals surface area contributed by atoms with Crippen LogP contribution >= 0.6 is 0 Å². The highest BCUT2D eigenvalue weighted by Gasteiger charge is 1.97. The second-order valence-corrected chi connectivity index (χ2v) is 2.41. The van der Waals surface area contributed by atoms with E-state index in [1.54, 1.807) is 26.2 Å². The molecule has 0 aliphatic rings. The summed E-state index contributed by atoms with van der Waals surface area (Å²) in [6.07, 6.45) is 1.65. The molecule has 0 saturated carbocycles. The van der Waals surface area contributed by atoms with Crippen LogP contribution in [-0.4, -0.2) is 12.2 Å². The Kier molecular flexibility index (Phi) is 2.75. The molecule has 0 heterocycles. The molecule has 1 N–H and O–H groups in total. The van der Waals surface area contributed by atoms with E-state index in [0.29, 0.717) is 0 Å². The molecule has 0 spiro atoms. The van der Waals surface area contributed by atoms with Gasteiger partial charge >= 0.3 is 0 Å². The average molecular weight is 164 g/mol. The van der Waals surface area contributed by atoms with Gasteiger partial charge in [-0.25, -0.2) is 0 Å². The third kappa shape index (κ3) is 1.78. The predicted octanol–water partition coefficient (Wildman–Crippen LogP) is 2.61. The van der Waals surface area contributed by atoms with E-state index in [4.69, 9.17) is 4.74 Å². The number of ether oxygens (including phenoxy) is 1. The van der Waals surface area contributed by atoms with Crippen molar-refractivity contribution in [1.29, 1.82) is 0 Å². The number of allylic oxidation sites excluding steroid dienone is 1. The van der Waals surface area contributed by atoms with Crippen molar-refractivity contribution in [3.63, 3.8) is 0 Å². The van der Waals surface area contributed by atoms with Gasteiger partial charge in [0, 0.05) is 5.56 Å². The number of benzene rings is 1. The fourth-order valence-corrected chi connectivity index (χ4v) is 0.949. The van der Waals surface area contributed by atoms with E-state index in [9.17, 15) is 5.11 Å². The molecule has 0 bridgehead atoms. The number of aliphatic hydroxyl groups is 1. The molecule has 0 saturated heterocycles. The minimum atomic E-state index is 0.272. The fraction of sp³-hybridized carbons (Fsp3) is 0.200. The SMILES string of the molecule is CC=C(O)c1cccc(OC)c1. The maximum atomic E-state index is 9.35. The fourth-order valence-electron chi connectivity index (χ4n) is 0.949. The van der Waals surface area contributed by atoms with Crippen LogP contribution in [0.1, 0.15) is 12.5 Å². The highest BCUT2D eigenvalue weighted by atomic mass is 16.5. The largest absolute Gasteiger partial charge is 0.508 e. The maximum Gasteiger partial charge on any atom is 0.119 e.